The maximum absolute atomic E-state index is 14.7. The average Bonchev–Trinajstić information content (AvgIpc) is 1.74. The fourth-order valence-electron chi connectivity index (χ4n) is 11.0. The Balaban J connectivity index is 1.56. The molecular formula is C63H97N17O14S. The van der Waals surface area contributed by atoms with Gasteiger partial charge in [-0.2, -0.15) is 11.8 Å². The number of rotatable bonds is 42. The fraction of sp³-hybridized carbons (Fsp3) is 0.587. The molecule has 2 aromatic rings. The van der Waals surface area contributed by atoms with Crippen LogP contribution in [0.4, 0.5) is 0 Å². The summed E-state index contributed by atoms with van der Waals surface area (Å²) in [6, 6.07) is 4.12. The van der Waals surface area contributed by atoms with Crippen LogP contribution in [0.5, 0.6) is 0 Å². The topological polar surface area (TPSA) is 513 Å². The SMILES string of the molecule is CSCC[C@H](NC(=O)[C@H](CC(C)C)NC(=O)CNC(=O)[C@@H](Cc1ccccc1)NC(=O)[C@H](Cc1ccccc1)NC(=O)[C@H](CCC(N)=O)NC(=O)[C@@H](CCC(N)=O)NC(=O)[C@@H]1CCCN1C(=O)[C@H](CCCCN)NC(=O)[C@@H]1CCCN1C(=O)[C@H](N)CCCN=C(N)N)C(=O)O. The van der Waals surface area contributed by atoms with Crippen LogP contribution in [0.3, 0.4) is 0 Å². The van der Waals surface area contributed by atoms with Crippen molar-refractivity contribution in [3.05, 3.63) is 71.8 Å². The van der Waals surface area contributed by atoms with Gasteiger partial charge in [-0.25, -0.2) is 4.79 Å². The molecule has 0 aromatic heterocycles. The number of unbranched alkanes of at least 4 members (excludes halogenated alkanes) is 1. The second kappa shape index (κ2) is 41.0. The number of carbonyl (C=O) groups is 13. The molecule has 2 fully saturated rings. The molecule has 4 rings (SSSR count). The van der Waals surface area contributed by atoms with Gasteiger partial charge in [-0.1, -0.05) is 74.5 Å². The number of aliphatic carboxylic acids is 1. The van der Waals surface area contributed by atoms with Crippen LogP contribution in [0.15, 0.2) is 65.7 Å². The third kappa shape index (κ3) is 27.5. The molecule has 0 spiro atoms. The molecule has 2 aromatic carbocycles. The average molecular weight is 1350 g/mol. The standard InChI is InChI=1S/C63H97N17O14S/c1-37(2)33-45(56(87)76-44(62(93)94)27-32-95-3)72-52(83)36-71-53(84)46(34-38-15-6-4-7-16-38)77-57(88)47(35-39-17-8-5-9-18-39)78-55(86)41(23-25-50(66)81)73-54(85)42(24-26-51(67)82)74-58(89)49-22-14-31-80(49)61(92)43(20-10-11-28-64)75-59(90)48-21-13-30-79(48)60(91)40(65)19-12-29-70-63(68)69/h4-9,15-18,37,40-49H,10-14,19-36,64-65H2,1-3H3,(H2,66,81)(H2,67,82)(H,71,84)(H,72,83)(H,73,85)(H,74,89)(H,75,90)(H,76,87)(H,77,88)(H,78,86)(H,93,94)(H4,68,69,70)/t40-,41+,42-,43+,44+,45+,46-,47+,48+,49+/m1/s1. The van der Waals surface area contributed by atoms with Gasteiger partial charge in [0.1, 0.15) is 54.4 Å². The zero-order chi connectivity index (χ0) is 70.1. The zero-order valence-corrected chi connectivity index (χ0v) is 55.2. The predicted octanol–water partition coefficient (Wildman–Crippen LogP) is -3.11. The molecule has 0 saturated carbocycles. The molecule has 95 heavy (non-hydrogen) atoms. The summed E-state index contributed by atoms with van der Waals surface area (Å²) < 4.78 is 0. The van der Waals surface area contributed by atoms with E-state index < -0.39 is 170 Å². The van der Waals surface area contributed by atoms with Gasteiger partial charge in [0.15, 0.2) is 5.96 Å². The Morgan fingerprint density at radius 3 is 1.53 bits per heavy atom. The first-order chi connectivity index (χ1) is 45.2. The number of carboxylic acids is 1. The number of carboxylic acid groups (broad SMARTS) is 1. The molecule has 524 valence electrons. The molecule has 31 nitrogen and oxygen atoms in total. The summed E-state index contributed by atoms with van der Waals surface area (Å²) in [5, 5.41) is 30.6. The number of amides is 12. The lowest BCUT2D eigenvalue weighted by Gasteiger charge is -2.32. The Hall–Kier alpha value is -8.91. The summed E-state index contributed by atoms with van der Waals surface area (Å²) in [5.41, 5.74) is 35.0. The Morgan fingerprint density at radius 2 is 1.03 bits per heavy atom. The van der Waals surface area contributed by atoms with E-state index in [9.17, 15) is 67.4 Å². The van der Waals surface area contributed by atoms with Crippen molar-refractivity contribution < 1.29 is 67.4 Å². The minimum absolute atomic E-state index is 0.0706. The van der Waals surface area contributed by atoms with Gasteiger partial charge in [0, 0.05) is 45.3 Å². The van der Waals surface area contributed by atoms with Gasteiger partial charge < -0.3 is 91.8 Å². The number of benzene rings is 2. The molecule has 2 heterocycles. The first kappa shape index (κ1) is 78.5. The maximum Gasteiger partial charge on any atom is 0.326 e. The molecule has 0 radical (unpaired) electrons. The molecule has 32 heteroatoms. The number of primary amides is 2. The first-order valence-electron chi connectivity index (χ1n) is 32.1. The predicted molar refractivity (Wildman–Crippen MR) is 354 cm³/mol. The van der Waals surface area contributed by atoms with Crippen molar-refractivity contribution >= 4 is 94.6 Å². The highest BCUT2D eigenvalue weighted by molar-refractivity contribution is 7.98. The molecule has 2 saturated heterocycles. The van der Waals surface area contributed by atoms with Crippen molar-refractivity contribution in [2.24, 2.45) is 45.3 Å². The zero-order valence-electron chi connectivity index (χ0n) is 54.4. The maximum atomic E-state index is 14.7. The Kier molecular flexibility index (Phi) is 33.9. The third-order valence-corrected chi connectivity index (χ3v) is 16.6. The van der Waals surface area contributed by atoms with E-state index in [-0.39, 0.29) is 83.0 Å². The van der Waals surface area contributed by atoms with Crippen LogP contribution in [-0.4, -0.2) is 203 Å². The molecule has 0 unspecified atom stereocenters. The Labute approximate surface area is 557 Å². The molecule has 0 aliphatic carbocycles. The molecule has 12 amide bonds. The number of aliphatic imine (C=N–C) groups is 1. The van der Waals surface area contributed by atoms with Crippen LogP contribution >= 0.6 is 11.8 Å². The lowest BCUT2D eigenvalue weighted by Crippen LogP contribution is -2.60. The van der Waals surface area contributed by atoms with Gasteiger partial charge in [-0.15, -0.1) is 0 Å². The van der Waals surface area contributed by atoms with Crippen molar-refractivity contribution in [3.63, 3.8) is 0 Å². The van der Waals surface area contributed by atoms with E-state index in [0.29, 0.717) is 55.4 Å². The van der Waals surface area contributed by atoms with E-state index >= 15 is 0 Å². The molecule has 0 bridgehead atoms. The van der Waals surface area contributed by atoms with Crippen LogP contribution in [0, 0.1) is 5.92 Å². The molecule has 2 aliphatic heterocycles. The van der Waals surface area contributed by atoms with E-state index in [0.717, 1.165) is 0 Å². The van der Waals surface area contributed by atoms with Crippen LogP contribution in [0.1, 0.15) is 121 Å². The van der Waals surface area contributed by atoms with Crippen molar-refractivity contribution in [2.45, 2.75) is 183 Å². The number of nitrogens with one attached hydrogen (secondary N) is 8. The number of thioether (sulfide) groups is 1. The highest BCUT2D eigenvalue weighted by Crippen LogP contribution is 2.24. The van der Waals surface area contributed by atoms with Crippen LogP contribution in [0.25, 0.3) is 0 Å². The third-order valence-electron chi connectivity index (χ3n) is 16.0. The Bertz CT molecular complexity index is 2960. The summed E-state index contributed by atoms with van der Waals surface area (Å²) in [5.74, 6) is -10.6. The van der Waals surface area contributed by atoms with Crippen molar-refractivity contribution in [1.29, 1.82) is 0 Å². The van der Waals surface area contributed by atoms with Gasteiger partial charge >= 0.3 is 5.97 Å². The lowest BCUT2D eigenvalue weighted by molar-refractivity contribution is -0.144. The van der Waals surface area contributed by atoms with Gasteiger partial charge in [0.25, 0.3) is 0 Å². The minimum atomic E-state index is -1.65. The highest BCUT2D eigenvalue weighted by Gasteiger charge is 2.42. The molecule has 21 N–H and O–H groups in total. The summed E-state index contributed by atoms with van der Waals surface area (Å²) >= 11 is 1.40. The van der Waals surface area contributed by atoms with Crippen molar-refractivity contribution in [1.82, 2.24) is 52.3 Å². The number of hydrogen-bond acceptors (Lipinski definition) is 17. The molecule has 10 atom stereocenters. The second-order valence-corrected chi connectivity index (χ2v) is 25.0. The number of guanidine groups is 1. The van der Waals surface area contributed by atoms with E-state index in [1.807, 2.05) is 0 Å². The smallest absolute Gasteiger partial charge is 0.326 e. The quantitative estimate of drug-likeness (QED) is 0.0178. The van der Waals surface area contributed by atoms with Gasteiger partial charge in [0.2, 0.25) is 70.9 Å². The largest absolute Gasteiger partial charge is 0.480 e. The molecule has 2 aliphatic rings. The van der Waals surface area contributed by atoms with Crippen molar-refractivity contribution in [3.8, 4) is 0 Å². The lowest BCUT2D eigenvalue weighted by atomic mass is 10.0. The summed E-state index contributed by atoms with van der Waals surface area (Å²) in [6.45, 7) is 3.78. The normalized spacial score (nSPS) is 16.8. The van der Waals surface area contributed by atoms with E-state index in [2.05, 4.69) is 47.5 Å². The van der Waals surface area contributed by atoms with Crippen LogP contribution in [-0.2, 0) is 75.2 Å². The number of likely N-dealkylation sites (tertiary alicyclic amines) is 2. The summed E-state index contributed by atoms with van der Waals surface area (Å²) in [7, 11) is 0. The van der Waals surface area contributed by atoms with E-state index in [1.165, 1.54) is 21.6 Å². The van der Waals surface area contributed by atoms with Crippen LogP contribution < -0.4 is 76.9 Å². The summed E-state index contributed by atoms with van der Waals surface area (Å²) in [6.07, 6.45) is 2.86. The number of carbonyl (C=O) groups excluding carboxylic acids is 12. The van der Waals surface area contributed by atoms with Crippen molar-refractivity contribution in [2.75, 3.05) is 44.7 Å². The second-order valence-electron chi connectivity index (χ2n) is 24.1. The Morgan fingerprint density at radius 1 is 0.558 bits per heavy atom. The van der Waals surface area contributed by atoms with Crippen LogP contribution in [0.2, 0.25) is 0 Å². The monoisotopic (exact) mass is 1350 g/mol. The fourth-order valence-corrected chi connectivity index (χ4v) is 11.5. The van der Waals surface area contributed by atoms with Gasteiger partial charge in [-0.3, -0.25) is 62.5 Å². The van der Waals surface area contributed by atoms with E-state index in [1.54, 1.807) is 80.8 Å². The van der Waals surface area contributed by atoms with Gasteiger partial charge in [0.05, 0.1) is 12.6 Å². The minimum Gasteiger partial charge on any atom is -0.480 e. The van der Waals surface area contributed by atoms with E-state index in [4.69, 9.17) is 34.4 Å². The highest BCUT2D eigenvalue weighted by atomic mass is 32.2. The first-order valence-corrected chi connectivity index (χ1v) is 33.5. The number of nitrogens with zero attached hydrogens (tertiary/aromatic N) is 3. The number of nitrogens with two attached hydrogens (primary N) is 6. The molecular weight excluding hydrogens is 1250 g/mol. The van der Waals surface area contributed by atoms with Gasteiger partial charge in [-0.05, 0) is 119 Å². The summed E-state index contributed by atoms with van der Waals surface area (Å²) in [4.78, 5) is 184. The number of hydrogen-bond donors (Lipinski definition) is 15.